The van der Waals surface area contributed by atoms with Gasteiger partial charge in [0.05, 0.1) is 6.10 Å². The van der Waals surface area contributed by atoms with Gasteiger partial charge in [0.15, 0.2) is 11.6 Å². The normalized spacial score (nSPS) is 27.3. The number of rotatable bonds is 7. The topological polar surface area (TPSA) is 78.3 Å². The van der Waals surface area contributed by atoms with Gasteiger partial charge in [-0.15, -0.1) is 0 Å². The number of aliphatic hydroxyl groups is 2. The van der Waals surface area contributed by atoms with Crippen LogP contribution in [-0.4, -0.2) is 38.9 Å². The Bertz CT molecular complexity index is 831. The van der Waals surface area contributed by atoms with Crippen LogP contribution in [0, 0.1) is 23.5 Å². The lowest BCUT2D eigenvalue weighted by Gasteiger charge is -2.25. The average Bonchev–Trinajstić information content (AvgIpc) is 3.49. The van der Waals surface area contributed by atoms with Crippen molar-refractivity contribution in [3.05, 3.63) is 59.2 Å². The second-order valence-electron chi connectivity index (χ2n) is 7.93. The van der Waals surface area contributed by atoms with E-state index >= 15 is 0 Å². The van der Waals surface area contributed by atoms with Crippen LogP contribution in [0.15, 0.2) is 30.5 Å². The lowest BCUT2D eigenvalue weighted by Crippen LogP contribution is -2.36. The molecule has 0 amide bonds. The van der Waals surface area contributed by atoms with Crippen molar-refractivity contribution in [1.29, 1.82) is 0 Å². The van der Waals surface area contributed by atoms with Crippen LogP contribution in [0.25, 0.3) is 0 Å². The maximum atomic E-state index is 13.4. The summed E-state index contributed by atoms with van der Waals surface area (Å²) < 4.78 is 26.6. The zero-order valence-corrected chi connectivity index (χ0v) is 15.6. The van der Waals surface area contributed by atoms with E-state index in [9.17, 15) is 19.0 Å². The van der Waals surface area contributed by atoms with Crippen molar-refractivity contribution in [2.45, 2.75) is 50.3 Å². The van der Waals surface area contributed by atoms with E-state index in [-0.39, 0.29) is 24.5 Å². The maximum absolute atomic E-state index is 13.4. The van der Waals surface area contributed by atoms with Crippen molar-refractivity contribution in [3.63, 3.8) is 0 Å². The van der Waals surface area contributed by atoms with Gasteiger partial charge in [0.1, 0.15) is 5.82 Å². The van der Waals surface area contributed by atoms with Gasteiger partial charge in [-0.2, -0.15) is 0 Å². The molecule has 0 radical (unpaired) electrons. The lowest BCUT2D eigenvalue weighted by atomic mass is 9.88. The van der Waals surface area contributed by atoms with Gasteiger partial charge in [-0.25, -0.2) is 18.7 Å². The molecule has 28 heavy (non-hydrogen) atoms. The monoisotopic (exact) mass is 389 g/mol. The third kappa shape index (κ3) is 4.21. The van der Waals surface area contributed by atoms with Gasteiger partial charge >= 0.3 is 0 Å². The predicted molar refractivity (Wildman–Crippen MR) is 99.4 cm³/mol. The van der Waals surface area contributed by atoms with Gasteiger partial charge in [0.2, 0.25) is 0 Å². The van der Waals surface area contributed by atoms with Crippen molar-refractivity contribution >= 4 is 0 Å². The van der Waals surface area contributed by atoms with Crippen LogP contribution in [0.5, 0.6) is 0 Å². The van der Waals surface area contributed by atoms with Gasteiger partial charge in [-0.05, 0) is 55.4 Å². The molecule has 5 nitrogen and oxygen atoms in total. The van der Waals surface area contributed by atoms with Crippen LogP contribution in [0.3, 0.4) is 0 Å². The molecule has 2 saturated carbocycles. The Balaban J connectivity index is 1.47. The summed E-state index contributed by atoms with van der Waals surface area (Å²) in [6.07, 6.45) is 4.55. The van der Waals surface area contributed by atoms with Crippen molar-refractivity contribution in [2.24, 2.45) is 11.8 Å². The smallest absolute Gasteiger partial charge is 0.159 e. The number of aliphatic hydroxyl groups excluding tert-OH is 2. The molecule has 2 aliphatic carbocycles. The predicted octanol–water partition coefficient (Wildman–Crippen LogP) is 2.32. The van der Waals surface area contributed by atoms with Gasteiger partial charge < -0.3 is 15.5 Å². The number of nitrogens with zero attached hydrogens (tertiary/aromatic N) is 2. The first-order valence-electron chi connectivity index (χ1n) is 9.83. The molecule has 0 bridgehead atoms. The summed E-state index contributed by atoms with van der Waals surface area (Å²) in [6, 6.07) is 5.67. The Morgan fingerprint density at radius 2 is 1.93 bits per heavy atom. The summed E-state index contributed by atoms with van der Waals surface area (Å²) in [5.41, 5.74) is 1.55. The second kappa shape index (κ2) is 8.19. The van der Waals surface area contributed by atoms with Crippen LogP contribution in [0.2, 0.25) is 0 Å². The lowest BCUT2D eigenvalue weighted by molar-refractivity contribution is 0.0716. The van der Waals surface area contributed by atoms with E-state index in [0.717, 1.165) is 30.4 Å². The molecule has 1 aromatic carbocycles. The first-order valence-corrected chi connectivity index (χ1v) is 9.83. The SMILES string of the molecule is OC[C@@H]1[C@@H](Cc2ccnc(C3CC3)n2)[C@H](NCc2ccc(F)c(F)c2)C[C@H]1O. The van der Waals surface area contributed by atoms with E-state index in [4.69, 9.17) is 0 Å². The number of hydrogen-bond donors (Lipinski definition) is 3. The summed E-state index contributed by atoms with van der Waals surface area (Å²) in [6.45, 7) is 0.260. The Labute approximate surface area is 162 Å². The first kappa shape index (κ1) is 19.4. The van der Waals surface area contributed by atoms with Crippen molar-refractivity contribution in [3.8, 4) is 0 Å². The Hall–Kier alpha value is -1.96. The van der Waals surface area contributed by atoms with Crippen LogP contribution in [0.1, 0.15) is 42.3 Å². The van der Waals surface area contributed by atoms with E-state index in [1.54, 1.807) is 12.3 Å². The molecule has 150 valence electrons. The van der Waals surface area contributed by atoms with Crippen molar-refractivity contribution in [1.82, 2.24) is 15.3 Å². The highest BCUT2D eigenvalue weighted by Gasteiger charge is 2.42. The molecule has 0 aliphatic heterocycles. The summed E-state index contributed by atoms with van der Waals surface area (Å²) >= 11 is 0. The largest absolute Gasteiger partial charge is 0.396 e. The van der Waals surface area contributed by atoms with Gasteiger partial charge in [0, 0.05) is 42.9 Å². The summed E-state index contributed by atoms with van der Waals surface area (Å²) in [4.78, 5) is 9.02. The zero-order chi connectivity index (χ0) is 19.7. The zero-order valence-electron chi connectivity index (χ0n) is 15.6. The van der Waals surface area contributed by atoms with Crippen LogP contribution in [-0.2, 0) is 13.0 Å². The highest BCUT2D eigenvalue weighted by molar-refractivity contribution is 5.18. The molecule has 4 atom stereocenters. The van der Waals surface area contributed by atoms with E-state index in [2.05, 4.69) is 15.3 Å². The van der Waals surface area contributed by atoms with Crippen molar-refractivity contribution in [2.75, 3.05) is 6.61 Å². The number of nitrogens with one attached hydrogen (secondary N) is 1. The fourth-order valence-corrected chi connectivity index (χ4v) is 4.18. The van der Waals surface area contributed by atoms with Crippen molar-refractivity contribution < 1.29 is 19.0 Å². The molecule has 2 aromatic rings. The molecule has 2 fully saturated rings. The molecule has 0 spiro atoms. The molecule has 0 saturated heterocycles. The standard InChI is InChI=1S/C21H25F2N3O2/c22-17-4-1-12(7-18(17)23)10-25-19-9-20(28)16(11-27)15(19)8-14-5-6-24-21(26-14)13-2-3-13/h1,4-7,13,15-16,19-20,25,27-28H,2-3,8-11H2/t15-,16-,19-,20-/m1/s1. The van der Waals surface area contributed by atoms with Crippen LogP contribution >= 0.6 is 0 Å². The average molecular weight is 389 g/mol. The minimum absolute atomic E-state index is 0.00718. The molecular weight excluding hydrogens is 364 g/mol. The van der Waals surface area contributed by atoms with E-state index in [1.807, 2.05) is 6.07 Å². The Kier molecular flexibility index (Phi) is 5.66. The molecule has 2 aliphatic rings. The highest BCUT2D eigenvalue weighted by Crippen LogP contribution is 2.39. The van der Waals surface area contributed by atoms with E-state index in [1.165, 1.54) is 6.07 Å². The quantitative estimate of drug-likeness (QED) is 0.678. The molecule has 1 heterocycles. The molecule has 7 heteroatoms. The highest BCUT2D eigenvalue weighted by atomic mass is 19.2. The molecule has 4 rings (SSSR count). The third-order valence-electron chi connectivity index (χ3n) is 5.94. The van der Waals surface area contributed by atoms with Crippen LogP contribution < -0.4 is 5.32 Å². The van der Waals surface area contributed by atoms with Gasteiger partial charge in [-0.3, -0.25) is 0 Å². The third-order valence-corrected chi connectivity index (χ3v) is 5.94. The molecular formula is C21H25F2N3O2. The van der Waals surface area contributed by atoms with Gasteiger partial charge in [0.25, 0.3) is 0 Å². The number of halogens is 2. The summed E-state index contributed by atoms with van der Waals surface area (Å²) in [5.74, 6) is -0.653. The number of aromatic nitrogens is 2. The Morgan fingerprint density at radius 1 is 1.11 bits per heavy atom. The number of hydrogen-bond acceptors (Lipinski definition) is 5. The van der Waals surface area contributed by atoms with Gasteiger partial charge in [-0.1, -0.05) is 6.07 Å². The van der Waals surface area contributed by atoms with E-state index in [0.29, 0.717) is 30.9 Å². The molecule has 3 N–H and O–H groups in total. The second-order valence-corrected chi connectivity index (χ2v) is 7.93. The maximum Gasteiger partial charge on any atom is 0.159 e. The fourth-order valence-electron chi connectivity index (χ4n) is 4.18. The molecule has 1 aromatic heterocycles. The van der Waals surface area contributed by atoms with Crippen LogP contribution in [0.4, 0.5) is 8.78 Å². The minimum atomic E-state index is -0.871. The minimum Gasteiger partial charge on any atom is -0.396 e. The summed E-state index contributed by atoms with van der Waals surface area (Å²) in [5, 5.41) is 23.5. The van der Waals surface area contributed by atoms with E-state index < -0.39 is 17.7 Å². The number of benzene rings is 1. The summed E-state index contributed by atoms with van der Waals surface area (Å²) in [7, 11) is 0. The first-order chi connectivity index (χ1) is 13.5. The molecule has 0 unspecified atom stereocenters. The fraction of sp³-hybridized carbons (Fsp3) is 0.524. The Morgan fingerprint density at radius 3 is 2.64 bits per heavy atom.